The summed E-state index contributed by atoms with van der Waals surface area (Å²) < 4.78 is 0. The summed E-state index contributed by atoms with van der Waals surface area (Å²) in [5, 5.41) is 0. The number of hydrogen-bond donors (Lipinski definition) is 2. The molecular formula is C13H20N4OS. The summed E-state index contributed by atoms with van der Waals surface area (Å²) in [5.74, 6) is 0.311. The van der Waals surface area contributed by atoms with E-state index in [9.17, 15) is 4.79 Å². The molecule has 0 radical (unpaired) electrons. The van der Waals surface area contributed by atoms with Crippen LogP contribution >= 0.6 is 12.2 Å². The Bertz CT molecular complexity index is 476. The van der Waals surface area contributed by atoms with Gasteiger partial charge >= 0.3 is 0 Å². The molecule has 0 atom stereocenters. The van der Waals surface area contributed by atoms with E-state index in [0.717, 1.165) is 30.6 Å². The van der Waals surface area contributed by atoms with Crippen LogP contribution in [0, 0.1) is 6.92 Å². The van der Waals surface area contributed by atoms with Crippen molar-refractivity contribution in [2.45, 2.75) is 26.7 Å². The topological polar surface area (TPSA) is 85.2 Å². The molecule has 1 aromatic heterocycles. The number of aryl methyl sites for hydroxylation is 1. The van der Waals surface area contributed by atoms with E-state index in [1.54, 1.807) is 6.07 Å². The van der Waals surface area contributed by atoms with E-state index >= 15 is 0 Å². The first-order valence-corrected chi connectivity index (χ1v) is 6.66. The van der Waals surface area contributed by atoms with Crippen LogP contribution in [-0.2, 0) is 4.79 Å². The van der Waals surface area contributed by atoms with Crippen molar-refractivity contribution in [3.05, 3.63) is 23.4 Å². The monoisotopic (exact) mass is 280 g/mol. The molecule has 4 N–H and O–H groups in total. The van der Waals surface area contributed by atoms with Crippen molar-refractivity contribution >= 4 is 28.9 Å². The zero-order chi connectivity index (χ0) is 14.4. The minimum Gasteiger partial charge on any atom is -0.389 e. The Balaban J connectivity index is 3.05. The van der Waals surface area contributed by atoms with E-state index in [1.807, 2.05) is 17.9 Å². The number of aromatic nitrogens is 1. The molecule has 0 aliphatic carbocycles. The molecule has 6 heteroatoms. The van der Waals surface area contributed by atoms with Crippen molar-refractivity contribution in [1.29, 1.82) is 0 Å². The van der Waals surface area contributed by atoms with Crippen LogP contribution in [0.15, 0.2) is 12.1 Å². The maximum atomic E-state index is 11.2. The molecule has 0 spiro atoms. The summed E-state index contributed by atoms with van der Waals surface area (Å²) in [5.41, 5.74) is 12.5. The van der Waals surface area contributed by atoms with Gasteiger partial charge in [0, 0.05) is 17.8 Å². The molecule has 0 unspecified atom stereocenters. The number of hydrogen-bond acceptors (Lipinski definition) is 4. The minimum absolute atomic E-state index is 0.146. The van der Waals surface area contributed by atoms with Crippen molar-refractivity contribution in [3.8, 4) is 0 Å². The second-order valence-electron chi connectivity index (χ2n) is 4.46. The summed E-state index contributed by atoms with van der Waals surface area (Å²) in [4.78, 5) is 17.8. The van der Waals surface area contributed by atoms with Crippen LogP contribution in [-0.4, -0.2) is 29.0 Å². The smallest absolute Gasteiger partial charge is 0.236 e. The van der Waals surface area contributed by atoms with Crippen LogP contribution in [0.5, 0.6) is 0 Å². The number of carbonyl (C=O) groups is 1. The Morgan fingerprint density at radius 1 is 1.42 bits per heavy atom. The molecule has 1 heterocycles. The van der Waals surface area contributed by atoms with Crippen LogP contribution in [0.2, 0.25) is 0 Å². The molecule has 0 saturated heterocycles. The number of pyridine rings is 1. The van der Waals surface area contributed by atoms with Gasteiger partial charge in [0.1, 0.15) is 10.8 Å². The number of rotatable bonds is 7. The van der Waals surface area contributed by atoms with Gasteiger partial charge in [-0.3, -0.25) is 4.79 Å². The van der Waals surface area contributed by atoms with Gasteiger partial charge in [0.2, 0.25) is 5.91 Å². The van der Waals surface area contributed by atoms with Crippen LogP contribution < -0.4 is 16.4 Å². The molecule has 1 aromatic rings. The molecular weight excluding hydrogens is 260 g/mol. The lowest BCUT2D eigenvalue weighted by Crippen LogP contribution is -2.35. The van der Waals surface area contributed by atoms with Crippen molar-refractivity contribution < 1.29 is 4.79 Å². The first-order chi connectivity index (χ1) is 8.93. The maximum absolute atomic E-state index is 11.2. The Labute approximate surface area is 119 Å². The predicted molar refractivity (Wildman–Crippen MR) is 81.2 cm³/mol. The van der Waals surface area contributed by atoms with Crippen LogP contribution in [0.4, 0.5) is 5.82 Å². The van der Waals surface area contributed by atoms with Gasteiger partial charge in [0.05, 0.1) is 6.54 Å². The van der Waals surface area contributed by atoms with Crippen LogP contribution in [0.1, 0.15) is 31.0 Å². The van der Waals surface area contributed by atoms with Crippen LogP contribution in [0.3, 0.4) is 0 Å². The quantitative estimate of drug-likeness (QED) is 0.731. The number of anilines is 1. The average Bonchev–Trinajstić information content (AvgIpc) is 2.33. The Hall–Kier alpha value is -1.69. The van der Waals surface area contributed by atoms with Gasteiger partial charge in [-0.15, -0.1) is 0 Å². The molecule has 5 nitrogen and oxygen atoms in total. The second-order valence-corrected chi connectivity index (χ2v) is 4.90. The van der Waals surface area contributed by atoms with E-state index in [2.05, 4.69) is 11.9 Å². The van der Waals surface area contributed by atoms with E-state index in [0.29, 0.717) is 10.8 Å². The third kappa shape index (κ3) is 4.82. The number of nitrogens with two attached hydrogens (primary N) is 2. The zero-order valence-corrected chi connectivity index (χ0v) is 12.2. The maximum Gasteiger partial charge on any atom is 0.236 e. The highest BCUT2D eigenvalue weighted by Crippen LogP contribution is 2.15. The molecule has 0 aromatic carbocycles. The summed E-state index contributed by atoms with van der Waals surface area (Å²) in [6.07, 6.45) is 1.99. The van der Waals surface area contributed by atoms with E-state index in [4.69, 9.17) is 23.7 Å². The van der Waals surface area contributed by atoms with E-state index in [-0.39, 0.29) is 12.5 Å². The lowest BCUT2D eigenvalue weighted by atomic mass is 10.2. The number of primary amides is 1. The first kappa shape index (κ1) is 15.4. The highest BCUT2D eigenvalue weighted by molar-refractivity contribution is 7.80. The number of carbonyl (C=O) groups excluding carboxylic acids is 1. The largest absolute Gasteiger partial charge is 0.389 e. The van der Waals surface area contributed by atoms with Gasteiger partial charge < -0.3 is 16.4 Å². The van der Waals surface area contributed by atoms with E-state index in [1.165, 1.54) is 0 Å². The predicted octanol–water partition coefficient (Wildman–Crippen LogP) is 1.12. The minimum atomic E-state index is -0.378. The molecule has 0 saturated carbocycles. The summed E-state index contributed by atoms with van der Waals surface area (Å²) in [7, 11) is 0. The van der Waals surface area contributed by atoms with Gasteiger partial charge in [0.15, 0.2) is 0 Å². The lowest BCUT2D eigenvalue weighted by Gasteiger charge is -2.23. The Kier molecular flexibility index (Phi) is 5.69. The molecule has 0 aliphatic heterocycles. The highest BCUT2D eigenvalue weighted by atomic mass is 32.1. The third-order valence-corrected chi connectivity index (χ3v) is 2.91. The Morgan fingerprint density at radius 2 is 2.11 bits per heavy atom. The molecule has 0 aliphatic rings. The summed E-state index contributed by atoms with van der Waals surface area (Å²) in [6, 6.07) is 3.63. The fourth-order valence-electron chi connectivity index (χ4n) is 1.77. The number of unbranched alkanes of at least 4 members (excludes halogenated alkanes) is 1. The first-order valence-electron chi connectivity index (χ1n) is 6.25. The molecule has 19 heavy (non-hydrogen) atoms. The lowest BCUT2D eigenvalue weighted by molar-refractivity contribution is -0.116. The number of thiocarbonyl (C=S) groups is 1. The standard InChI is InChI=1S/C13H20N4OS/c1-3-4-5-17(8-11(14)18)12-7-10(13(15)19)6-9(2)16-12/h6-7H,3-5,8H2,1-2H3,(H2,14,18)(H2,15,19). The summed E-state index contributed by atoms with van der Waals surface area (Å²) >= 11 is 4.98. The fourth-order valence-corrected chi connectivity index (χ4v) is 1.88. The molecule has 0 bridgehead atoms. The Morgan fingerprint density at radius 3 is 2.63 bits per heavy atom. The zero-order valence-electron chi connectivity index (χ0n) is 11.3. The fraction of sp³-hybridized carbons (Fsp3) is 0.462. The number of nitrogens with zero attached hydrogens (tertiary/aromatic N) is 2. The van der Waals surface area contributed by atoms with Crippen molar-refractivity contribution in [1.82, 2.24) is 4.98 Å². The van der Waals surface area contributed by atoms with Gasteiger partial charge in [-0.05, 0) is 25.5 Å². The van der Waals surface area contributed by atoms with Gasteiger partial charge in [-0.1, -0.05) is 25.6 Å². The normalized spacial score (nSPS) is 10.2. The molecule has 0 fully saturated rings. The highest BCUT2D eigenvalue weighted by Gasteiger charge is 2.12. The second kappa shape index (κ2) is 7.04. The van der Waals surface area contributed by atoms with Crippen molar-refractivity contribution in [2.24, 2.45) is 11.5 Å². The van der Waals surface area contributed by atoms with Gasteiger partial charge in [-0.25, -0.2) is 4.98 Å². The SMILES string of the molecule is CCCCN(CC(N)=O)c1cc(C(N)=S)cc(C)n1. The van der Waals surface area contributed by atoms with Crippen molar-refractivity contribution in [2.75, 3.05) is 18.0 Å². The van der Waals surface area contributed by atoms with E-state index < -0.39 is 0 Å². The van der Waals surface area contributed by atoms with Gasteiger partial charge in [-0.2, -0.15) is 0 Å². The van der Waals surface area contributed by atoms with Crippen LogP contribution in [0.25, 0.3) is 0 Å². The van der Waals surface area contributed by atoms with Gasteiger partial charge in [0.25, 0.3) is 0 Å². The summed E-state index contributed by atoms with van der Waals surface area (Å²) in [6.45, 7) is 4.83. The molecule has 104 valence electrons. The molecule has 1 amide bonds. The van der Waals surface area contributed by atoms with Crippen molar-refractivity contribution in [3.63, 3.8) is 0 Å². The third-order valence-electron chi connectivity index (χ3n) is 2.68. The average molecular weight is 280 g/mol. The molecule has 1 rings (SSSR count). The number of amides is 1.